The van der Waals surface area contributed by atoms with E-state index in [1.807, 2.05) is 0 Å². The zero-order chi connectivity index (χ0) is 12.9. The van der Waals surface area contributed by atoms with Gasteiger partial charge in [0.2, 0.25) is 0 Å². The van der Waals surface area contributed by atoms with Crippen LogP contribution >= 0.6 is 0 Å². The molecule has 0 radical (unpaired) electrons. The highest BCUT2D eigenvalue weighted by molar-refractivity contribution is 5.39. The number of nitrogens with one attached hydrogen (secondary N) is 1. The number of rotatable bonds is 6. The predicted octanol–water partition coefficient (Wildman–Crippen LogP) is 1.50. The standard InChI is InChI=1S/C12H18N2O3/c1-12(2,15)9-13-8-7-10-5-3-4-6-11(10)14(16)17/h3-6,13,15H,7-9H2,1-2H3. The second-order valence-electron chi connectivity index (χ2n) is 4.63. The van der Waals surface area contributed by atoms with Crippen LogP contribution in [0.4, 0.5) is 5.69 Å². The highest BCUT2D eigenvalue weighted by Gasteiger charge is 2.13. The van der Waals surface area contributed by atoms with Crippen molar-refractivity contribution in [2.75, 3.05) is 13.1 Å². The highest BCUT2D eigenvalue weighted by Crippen LogP contribution is 2.17. The first-order valence-corrected chi connectivity index (χ1v) is 5.55. The Labute approximate surface area is 101 Å². The number of hydrogen-bond acceptors (Lipinski definition) is 4. The van der Waals surface area contributed by atoms with Gasteiger partial charge in [-0.2, -0.15) is 0 Å². The van der Waals surface area contributed by atoms with Crippen molar-refractivity contribution in [1.29, 1.82) is 0 Å². The molecule has 0 aliphatic rings. The highest BCUT2D eigenvalue weighted by atomic mass is 16.6. The van der Waals surface area contributed by atoms with E-state index in [1.54, 1.807) is 32.0 Å². The second kappa shape index (κ2) is 5.75. The molecule has 0 spiro atoms. The lowest BCUT2D eigenvalue weighted by molar-refractivity contribution is -0.385. The Morgan fingerprint density at radius 2 is 2.06 bits per heavy atom. The molecule has 0 aromatic heterocycles. The maximum atomic E-state index is 10.8. The van der Waals surface area contributed by atoms with Gasteiger partial charge >= 0.3 is 0 Å². The molecule has 17 heavy (non-hydrogen) atoms. The number of para-hydroxylation sites is 1. The third-order valence-corrected chi connectivity index (χ3v) is 2.32. The molecule has 0 saturated heterocycles. The van der Waals surface area contributed by atoms with Gasteiger partial charge in [0, 0.05) is 18.2 Å². The molecular formula is C12H18N2O3. The van der Waals surface area contributed by atoms with Crippen LogP contribution in [0.5, 0.6) is 0 Å². The summed E-state index contributed by atoms with van der Waals surface area (Å²) in [5.41, 5.74) is 0.0983. The minimum atomic E-state index is -0.761. The zero-order valence-electron chi connectivity index (χ0n) is 10.1. The molecule has 0 bridgehead atoms. The summed E-state index contributed by atoms with van der Waals surface area (Å²) in [7, 11) is 0. The van der Waals surface area contributed by atoms with E-state index >= 15 is 0 Å². The van der Waals surface area contributed by atoms with E-state index in [4.69, 9.17) is 0 Å². The molecule has 94 valence electrons. The van der Waals surface area contributed by atoms with Crippen LogP contribution in [0.3, 0.4) is 0 Å². The van der Waals surface area contributed by atoms with E-state index in [0.717, 1.165) is 0 Å². The number of nitro benzene ring substituents is 1. The van der Waals surface area contributed by atoms with Crippen molar-refractivity contribution < 1.29 is 10.0 Å². The topological polar surface area (TPSA) is 75.4 Å². The van der Waals surface area contributed by atoms with Gasteiger partial charge in [-0.3, -0.25) is 10.1 Å². The van der Waals surface area contributed by atoms with Gasteiger partial charge in [-0.05, 0) is 26.8 Å². The number of nitrogens with zero attached hydrogens (tertiary/aromatic N) is 1. The van der Waals surface area contributed by atoms with Crippen LogP contribution in [0.25, 0.3) is 0 Å². The second-order valence-corrected chi connectivity index (χ2v) is 4.63. The van der Waals surface area contributed by atoms with Crippen LogP contribution in [0.2, 0.25) is 0 Å². The maximum absolute atomic E-state index is 10.8. The first-order chi connectivity index (χ1) is 7.90. The van der Waals surface area contributed by atoms with E-state index in [2.05, 4.69) is 5.32 Å². The summed E-state index contributed by atoms with van der Waals surface area (Å²) in [6.07, 6.45) is 0.577. The predicted molar refractivity (Wildman–Crippen MR) is 66.0 cm³/mol. The van der Waals surface area contributed by atoms with Crippen molar-refractivity contribution in [1.82, 2.24) is 5.32 Å². The number of nitro groups is 1. The Bertz CT molecular complexity index is 386. The fraction of sp³-hybridized carbons (Fsp3) is 0.500. The minimum Gasteiger partial charge on any atom is -0.389 e. The minimum absolute atomic E-state index is 0.151. The van der Waals surface area contributed by atoms with Crippen LogP contribution in [-0.4, -0.2) is 28.7 Å². The Hall–Kier alpha value is -1.46. The fourth-order valence-electron chi connectivity index (χ4n) is 1.52. The van der Waals surface area contributed by atoms with Crippen molar-refractivity contribution in [2.24, 2.45) is 0 Å². The molecule has 1 aromatic rings. The zero-order valence-corrected chi connectivity index (χ0v) is 10.1. The van der Waals surface area contributed by atoms with Crippen molar-refractivity contribution in [3.63, 3.8) is 0 Å². The van der Waals surface area contributed by atoms with Gasteiger partial charge in [-0.1, -0.05) is 18.2 Å². The summed E-state index contributed by atoms with van der Waals surface area (Å²) in [4.78, 5) is 10.4. The molecule has 0 fully saturated rings. The molecule has 1 aromatic carbocycles. The summed E-state index contributed by atoms with van der Waals surface area (Å²) in [6, 6.07) is 6.71. The van der Waals surface area contributed by atoms with Crippen LogP contribution in [0.15, 0.2) is 24.3 Å². The molecule has 0 aliphatic carbocycles. The molecule has 1 rings (SSSR count). The Kier molecular flexibility index (Phi) is 4.60. The molecule has 0 aliphatic heterocycles. The molecule has 2 N–H and O–H groups in total. The summed E-state index contributed by atoms with van der Waals surface area (Å²) < 4.78 is 0. The van der Waals surface area contributed by atoms with Crippen molar-refractivity contribution in [2.45, 2.75) is 25.9 Å². The van der Waals surface area contributed by atoms with E-state index in [9.17, 15) is 15.2 Å². The van der Waals surface area contributed by atoms with Crippen LogP contribution in [0, 0.1) is 10.1 Å². The van der Waals surface area contributed by atoms with E-state index in [1.165, 1.54) is 6.07 Å². The summed E-state index contributed by atoms with van der Waals surface area (Å²) in [5, 5.41) is 23.3. The molecule has 0 atom stereocenters. The Morgan fingerprint density at radius 1 is 1.41 bits per heavy atom. The normalized spacial score (nSPS) is 11.5. The summed E-state index contributed by atoms with van der Waals surface area (Å²) in [5.74, 6) is 0. The van der Waals surface area contributed by atoms with Crippen molar-refractivity contribution in [3.05, 3.63) is 39.9 Å². The van der Waals surface area contributed by atoms with Gasteiger partial charge in [-0.25, -0.2) is 0 Å². The average Bonchev–Trinajstić information content (AvgIpc) is 2.23. The third kappa shape index (κ3) is 4.93. The lowest BCUT2D eigenvalue weighted by atomic mass is 10.1. The molecule has 0 amide bonds. The van der Waals surface area contributed by atoms with Crippen LogP contribution < -0.4 is 5.32 Å². The van der Waals surface area contributed by atoms with E-state index < -0.39 is 5.60 Å². The van der Waals surface area contributed by atoms with Gasteiger partial charge < -0.3 is 10.4 Å². The van der Waals surface area contributed by atoms with Gasteiger partial charge in [-0.15, -0.1) is 0 Å². The average molecular weight is 238 g/mol. The van der Waals surface area contributed by atoms with E-state index in [0.29, 0.717) is 25.1 Å². The number of hydrogen-bond donors (Lipinski definition) is 2. The molecule has 0 unspecified atom stereocenters. The molecule has 5 heteroatoms. The monoisotopic (exact) mass is 238 g/mol. The first kappa shape index (κ1) is 13.6. The van der Waals surface area contributed by atoms with E-state index in [-0.39, 0.29) is 10.6 Å². The van der Waals surface area contributed by atoms with Gasteiger partial charge in [0.1, 0.15) is 0 Å². The number of benzene rings is 1. The molecule has 0 heterocycles. The van der Waals surface area contributed by atoms with Gasteiger partial charge in [0.25, 0.3) is 5.69 Å². The molecular weight excluding hydrogens is 220 g/mol. The quantitative estimate of drug-likeness (QED) is 0.447. The summed E-state index contributed by atoms with van der Waals surface area (Å²) >= 11 is 0. The summed E-state index contributed by atoms with van der Waals surface area (Å²) in [6.45, 7) is 4.50. The molecule has 5 nitrogen and oxygen atoms in total. The lowest BCUT2D eigenvalue weighted by Gasteiger charge is -2.17. The van der Waals surface area contributed by atoms with Crippen molar-refractivity contribution >= 4 is 5.69 Å². The van der Waals surface area contributed by atoms with Gasteiger partial charge in [0.05, 0.1) is 10.5 Å². The fourth-order valence-corrected chi connectivity index (χ4v) is 1.52. The first-order valence-electron chi connectivity index (χ1n) is 5.55. The number of aliphatic hydroxyl groups is 1. The Morgan fingerprint density at radius 3 is 2.65 bits per heavy atom. The Balaban J connectivity index is 2.49. The molecule has 0 saturated carbocycles. The maximum Gasteiger partial charge on any atom is 0.272 e. The largest absolute Gasteiger partial charge is 0.389 e. The van der Waals surface area contributed by atoms with Crippen molar-refractivity contribution in [3.8, 4) is 0 Å². The van der Waals surface area contributed by atoms with Crippen LogP contribution in [-0.2, 0) is 6.42 Å². The lowest BCUT2D eigenvalue weighted by Crippen LogP contribution is -2.35. The third-order valence-electron chi connectivity index (χ3n) is 2.32. The SMILES string of the molecule is CC(C)(O)CNCCc1ccccc1[N+](=O)[O-]. The van der Waals surface area contributed by atoms with Gasteiger partial charge in [0.15, 0.2) is 0 Å². The smallest absolute Gasteiger partial charge is 0.272 e. The van der Waals surface area contributed by atoms with Crippen LogP contribution in [0.1, 0.15) is 19.4 Å².